The van der Waals surface area contributed by atoms with Crippen molar-refractivity contribution in [2.75, 3.05) is 0 Å². The monoisotopic (exact) mass is 231 g/mol. The van der Waals surface area contributed by atoms with Crippen LogP contribution in [0, 0.1) is 0 Å². The molecule has 1 aromatic rings. The molecule has 0 amide bonds. The summed E-state index contributed by atoms with van der Waals surface area (Å²) in [5.41, 5.74) is 4.73. The maximum atomic E-state index is 12.5. The highest BCUT2D eigenvalue weighted by Crippen LogP contribution is 2.43. The predicted octanol–water partition coefficient (Wildman–Crippen LogP) is 2.75. The molecule has 3 N–H and O–H groups in total. The lowest BCUT2D eigenvalue weighted by molar-refractivity contribution is -0.138. The summed E-state index contributed by atoms with van der Waals surface area (Å²) in [6.45, 7) is 0. The lowest BCUT2D eigenvalue weighted by atomic mass is 9.72. The van der Waals surface area contributed by atoms with Gasteiger partial charge in [-0.3, -0.25) is 0 Å². The standard InChI is InChI=1S/C11H12F3NO/c12-11(13,14)8-6-7(2-3-9(8)16)10(15)4-1-5-10/h2-3,6,16H,1,4-5,15H2. The van der Waals surface area contributed by atoms with Gasteiger partial charge in [-0.1, -0.05) is 6.07 Å². The van der Waals surface area contributed by atoms with Crippen LogP contribution in [0.15, 0.2) is 18.2 Å². The summed E-state index contributed by atoms with van der Waals surface area (Å²) < 4.78 is 37.6. The average Bonchev–Trinajstić information content (AvgIpc) is 2.13. The Labute approximate surface area is 90.9 Å². The Kier molecular flexibility index (Phi) is 2.38. The van der Waals surface area contributed by atoms with Crippen molar-refractivity contribution in [3.05, 3.63) is 29.3 Å². The van der Waals surface area contributed by atoms with Gasteiger partial charge in [0.25, 0.3) is 0 Å². The Morgan fingerprint density at radius 1 is 1.25 bits per heavy atom. The number of aromatic hydroxyl groups is 1. The zero-order valence-electron chi connectivity index (χ0n) is 8.51. The zero-order chi connectivity index (χ0) is 12.0. The molecule has 1 aromatic carbocycles. The average molecular weight is 231 g/mol. The molecule has 1 saturated carbocycles. The fourth-order valence-electron chi connectivity index (χ4n) is 1.92. The van der Waals surface area contributed by atoms with E-state index in [1.807, 2.05) is 0 Å². The molecule has 16 heavy (non-hydrogen) atoms. The minimum atomic E-state index is -4.54. The van der Waals surface area contributed by atoms with Gasteiger partial charge in [-0.25, -0.2) is 0 Å². The Morgan fingerprint density at radius 3 is 2.31 bits per heavy atom. The first-order chi connectivity index (χ1) is 7.33. The Morgan fingerprint density at radius 2 is 1.88 bits per heavy atom. The molecule has 88 valence electrons. The van der Waals surface area contributed by atoms with Crippen molar-refractivity contribution in [2.24, 2.45) is 5.73 Å². The molecule has 2 rings (SSSR count). The van der Waals surface area contributed by atoms with Crippen LogP contribution in [0.25, 0.3) is 0 Å². The molecular formula is C11H12F3NO. The van der Waals surface area contributed by atoms with E-state index in [1.165, 1.54) is 6.07 Å². The summed E-state index contributed by atoms with van der Waals surface area (Å²) in [6.07, 6.45) is -2.23. The number of hydrogen-bond donors (Lipinski definition) is 2. The third-order valence-corrected chi connectivity index (χ3v) is 3.12. The van der Waals surface area contributed by atoms with Crippen molar-refractivity contribution in [3.8, 4) is 5.75 Å². The minimum absolute atomic E-state index is 0.448. The van der Waals surface area contributed by atoms with Gasteiger partial charge in [0.1, 0.15) is 5.75 Å². The molecule has 0 radical (unpaired) electrons. The van der Waals surface area contributed by atoms with E-state index in [2.05, 4.69) is 0 Å². The summed E-state index contributed by atoms with van der Waals surface area (Å²) in [5, 5.41) is 9.17. The normalized spacial score (nSPS) is 19.2. The van der Waals surface area contributed by atoms with Crippen molar-refractivity contribution in [1.82, 2.24) is 0 Å². The van der Waals surface area contributed by atoms with Crippen molar-refractivity contribution < 1.29 is 18.3 Å². The third-order valence-electron chi connectivity index (χ3n) is 3.12. The summed E-state index contributed by atoms with van der Waals surface area (Å²) in [4.78, 5) is 0. The SMILES string of the molecule is NC1(c2ccc(O)c(C(F)(F)F)c2)CCC1. The van der Waals surface area contributed by atoms with E-state index in [9.17, 15) is 13.2 Å². The van der Waals surface area contributed by atoms with Crippen LogP contribution in [0.2, 0.25) is 0 Å². The van der Waals surface area contributed by atoms with Gasteiger partial charge in [0.15, 0.2) is 0 Å². The van der Waals surface area contributed by atoms with Crippen LogP contribution >= 0.6 is 0 Å². The van der Waals surface area contributed by atoms with Gasteiger partial charge in [-0.2, -0.15) is 13.2 Å². The van der Waals surface area contributed by atoms with E-state index >= 15 is 0 Å². The van der Waals surface area contributed by atoms with E-state index in [4.69, 9.17) is 10.8 Å². The van der Waals surface area contributed by atoms with Crippen LogP contribution in [0.4, 0.5) is 13.2 Å². The number of hydrogen-bond acceptors (Lipinski definition) is 2. The van der Waals surface area contributed by atoms with Gasteiger partial charge in [0, 0.05) is 5.54 Å². The first kappa shape index (κ1) is 11.3. The second-order valence-electron chi connectivity index (χ2n) is 4.24. The third kappa shape index (κ3) is 1.75. The molecular weight excluding hydrogens is 219 g/mol. The molecule has 0 bridgehead atoms. The predicted molar refractivity (Wildman–Crippen MR) is 52.8 cm³/mol. The van der Waals surface area contributed by atoms with Crippen molar-refractivity contribution in [3.63, 3.8) is 0 Å². The quantitative estimate of drug-likeness (QED) is 0.780. The van der Waals surface area contributed by atoms with Gasteiger partial charge in [0.05, 0.1) is 5.56 Å². The minimum Gasteiger partial charge on any atom is -0.507 e. The highest BCUT2D eigenvalue weighted by Gasteiger charge is 2.38. The van der Waals surface area contributed by atoms with E-state index in [0.717, 1.165) is 18.6 Å². The first-order valence-corrected chi connectivity index (χ1v) is 5.02. The highest BCUT2D eigenvalue weighted by molar-refractivity contribution is 5.41. The highest BCUT2D eigenvalue weighted by atomic mass is 19.4. The van der Waals surface area contributed by atoms with Gasteiger partial charge in [-0.15, -0.1) is 0 Å². The van der Waals surface area contributed by atoms with Crippen LogP contribution in [-0.2, 0) is 11.7 Å². The largest absolute Gasteiger partial charge is 0.507 e. The summed E-state index contributed by atoms with van der Waals surface area (Å²) in [6, 6.07) is 3.48. The molecule has 0 heterocycles. The molecule has 0 spiro atoms. The number of rotatable bonds is 1. The molecule has 0 aliphatic heterocycles. The van der Waals surface area contributed by atoms with Crippen LogP contribution in [-0.4, -0.2) is 5.11 Å². The summed E-state index contributed by atoms with van der Waals surface area (Å²) in [7, 11) is 0. The van der Waals surface area contributed by atoms with Crippen molar-refractivity contribution in [1.29, 1.82) is 0 Å². The zero-order valence-corrected chi connectivity index (χ0v) is 8.51. The Bertz CT molecular complexity index is 410. The Balaban J connectivity index is 2.43. The molecule has 0 unspecified atom stereocenters. The summed E-state index contributed by atoms with van der Waals surface area (Å²) in [5.74, 6) is -0.751. The van der Waals surface area contributed by atoms with Crippen LogP contribution in [0.5, 0.6) is 5.75 Å². The van der Waals surface area contributed by atoms with Gasteiger partial charge >= 0.3 is 6.18 Å². The smallest absolute Gasteiger partial charge is 0.419 e. The van der Waals surface area contributed by atoms with E-state index in [1.54, 1.807) is 0 Å². The van der Waals surface area contributed by atoms with E-state index in [0.29, 0.717) is 18.4 Å². The van der Waals surface area contributed by atoms with Crippen LogP contribution < -0.4 is 5.73 Å². The second kappa shape index (κ2) is 3.38. The van der Waals surface area contributed by atoms with Gasteiger partial charge in [-0.05, 0) is 37.0 Å². The van der Waals surface area contributed by atoms with Crippen LogP contribution in [0.1, 0.15) is 30.4 Å². The number of phenols is 1. The van der Waals surface area contributed by atoms with Crippen molar-refractivity contribution >= 4 is 0 Å². The molecule has 0 atom stereocenters. The number of nitrogens with two attached hydrogens (primary N) is 1. The lowest BCUT2D eigenvalue weighted by Crippen LogP contribution is -2.43. The Hall–Kier alpha value is -1.23. The van der Waals surface area contributed by atoms with E-state index < -0.39 is 23.0 Å². The fraction of sp³-hybridized carbons (Fsp3) is 0.455. The van der Waals surface area contributed by atoms with Gasteiger partial charge in [0.2, 0.25) is 0 Å². The number of alkyl halides is 3. The topological polar surface area (TPSA) is 46.2 Å². The molecule has 1 aliphatic carbocycles. The molecule has 1 aliphatic rings. The van der Waals surface area contributed by atoms with Crippen molar-refractivity contribution in [2.45, 2.75) is 31.0 Å². The first-order valence-electron chi connectivity index (χ1n) is 5.02. The number of halogens is 3. The van der Waals surface area contributed by atoms with E-state index in [-0.39, 0.29) is 0 Å². The maximum absolute atomic E-state index is 12.5. The van der Waals surface area contributed by atoms with Crippen LogP contribution in [0.3, 0.4) is 0 Å². The fourth-order valence-corrected chi connectivity index (χ4v) is 1.92. The molecule has 5 heteroatoms. The lowest BCUT2D eigenvalue weighted by Gasteiger charge is -2.39. The molecule has 1 fully saturated rings. The number of phenolic OH excluding ortho intramolecular Hbond substituents is 1. The summed E-state index contributed by atoms with van der Waals surface area (Å²) >= 11 is 0. The number of benzene rings is 1. The molecule has 0 saturated heterocycles. The van der Waals surface area contributed by atoms with Gasteiger partial charge < -0.3 is 10.8 Å². The molecule has 2 nitrogen and oxygen atoms in total. The second-order valence-corrected chi connectivity index (χ2v) is 4.24. The molecule has 0 aromatic heterocycles. The maximum Gasteiger partial charge on any atom is 0.419 e.